The minimum Gasteiger partial charge on any atom is -0.370 e. The first-order chi connectivity index (χ1) is 8.72. The molecule has 0 spiro atoms. The van der Waals surface area contributed by atoms with Crippen LogP contribution in [0, 0.1) is 17.6 Å². The highest BCUT2D eigenvalue weighted by Gasteiger charge is 2.39. The summed E-state index contributed by atoms with van der Waals surface area (Å²) in [6, 6.07) is 2.18. The van der Waals surface area contributed by atoms with Gasteiger partial charge in [0.1, 0.15) is 5.54 Å². The minimum absolute atomic E-state index is 0.139. The molecule has 1 aromatic rings. The monoisotopic (exact) mass is 268 g/mol. The van der Waals surface area contributed by atoms with Gasteiger partial charge in [0.2, 0.25) is 0 Å². The van der Waals surface area contributed by atoms with Crippen molar-refractivity contribution in [3.05, 3.63) is 23.8 Å². The molecule has 1 aliphatic heterocycles. The zero-order valence-electron chi connectivity index (χ0n) is 11.6. The number of amides is 1. The smallest absolute Gasteiger partial charge is 0.252 e. The lowest BCUT2D eigenvalue weighted by molar-refractivity contribution is -0.122. The van der Waals surface area contributed by atoms with Crippen LogP contribution in [-0.2, 0) is 4.79 Å². The van der Waals surface area contributed by atoms with Crippen molar-refractivity contribution in [3.63, 3.8) is 0 Å². The number of fused-ring (bicyclic) bond motifs is 1. The third-order valence-electron chi connectivity index (χ3n) is 3.10. The molecule has 1 amide bonds. The summed E-state index contributed by atoms with van der Waals surface area (Å²) in [6.07, 6.45) is 0. The Bertz CT molecular complexity index is 526. The van der Waals surface area contributed by atoms with Gasteiger partial charge in [0.25, 0.3) is 5.91 Å². The Morgan fingerprint density at radius 3 is 2.42 bits per heavy atom. The van der Waals surface area contributed by atoms with Crippen LogP contribution in [0.25, 0.3) is 0 Å². The summed E-state index contributed by atoms with van der Waals surface area (Å²) in [4.78, 5) is 13.9. The topological polar surface area (TPSA) is 32.3 Å². The molecule has 1 N–H and O–H groups in total. The van der Waals surface area contributed by atoms with Gasteiger partial charge in [-0.05, 0) is 19.8 Å². The summed E-state index contributed by atoms with van der Waals surface area (Å²) in [5.74, 6) is -1.76. The molecule has 19 heavy (non-hydrogen) atoms. The summed E-state index contributed by atoms with van der Waals surface area (Å²) in [5.41, 5.74) is 0.0210. The van der Waals surface area contributed by atoms with Crippen LogP contribution < -0.4 is 10.2 Å². The van der Waals surface area contributed by atoms with Crippen LogP contribution in [0.1, 0.15) is 27.7 Å². The first kappa shape index (κ1) is 13.8. The first-order valence-electron chi connectivity index (χ1n) is 6.31. The van der Waals surface area contributed by atoms with Crippen LogP contribution in [0.4, 0.5) is 20.2 Å². The predicted molar refractivity (Wildman–Crippen MR) is 71.3 cm³/mol. The lowest BCUT2D eigenvalue weighted by Crippen LogP contribution is -2.54. The Balaban J connectivity index is 2.55. The van der Waals surface area contributed by atoms with Crippen LogP contribution >= 0.6 is 0 Å². The van der Waals surface area contributed by atoms with E-state index in [1.54, 1.807) is 13.8 Å². The van der Waals surface area contributed by atoms with Crippen molar-refractivity contribution in [2.45, 2.75) is 33.2 Å². The highest BCUT2D eigenvalue weighted by Crippen LogP contribution is 2.37. The van der Waals surface area contributed by atoms with Crippen molar-refractivity contribution in [3.8, 4) is 0 Å². The molecule has 104 valence electrons. The second-order valence-corrected chi connectivity index (χ2v) is 5.84. The molecule has 0 atom stereocenters. The summed E-state index contributed by atoms with van der Waals surface area (Å²) < 4.78 is 26.7. The van der Waals surface area contributed by atoms with E-state index in [-0.39, 0.29) is 11.8 Å². The SMILES string of the molecule is CC(C)CN1C(=O)C(C)(C)Nc2cc(F)c(F)cc21. The van der Waals surface area contributed by atoms with Gasteiger partial charge in [0, 0.05) is 18.7 Å². The Kier molecular flexibility index (Phi) is 3.24. The quantitative estimate of drug-likeness (QED) is 0.893. The van der Waals surface area contributed by atoms with Crippen molar-refractivity contribution in [2.24, 2.45) is 5.92 Å². The summed E-state index contributed by atoms with van der Waals surface area (Å²) in [6.45, 7) is 7.88. The Hall–Kier alpha value is -1.65. The van der Waals surface area contributed by atoms with E-state index < -0.39 is 17.2 Å². The van der Waals surface area contributed by atoms with E-state index in [0.717, 1.165) is 12.1 Å². The van der Waals surface area contributed by atoms with Crippen molar-refractivity contribution < 1.29 is 13.6 Å². The number of hydrogen-bond acceptors (Lipinski definition) is 2. The maximum atomic E-state index is 13.4. The van der Waals surface area contributed by atoms with Crippen molar-refractivity contribution >= 4 is 17.3 Å². The van der Waals surface area contributed by atoms with Gasteiger partial charge in [-0.25, -0.2) is 8.78 Å². The summed E-state index contributed by atoms with van der Waals surface area (Å²) in [7, 11) is 0. The minimum atomic E-state index is -0.943. The van der Waals surface area contributed by atoms with Gasteiger partial charge in [0.15, 0.2) is 11.6 Å². The van der Waals surface area contributed by atoms with Crippen LogP contribution in [0.15, 0.2) is 12.1 Å². The van der Waals surface area contributed by atoms with Crippen LogP contribution in [-0.4, -0.2) is 18.0 Å². The fraction of sp³-hybridized carbons (Fsp3) is 0.500. The maximum absolute atomic E-state index is 13.4. The van der Waals surface area contributed by atoms with Crippen LogP contribution in [0.5, 0.6) is 0 Å². The second-order valence-electron chi connectivity index (χ2n) is 5.84. The van der Waals surface area contributed by atoms with E-state index in [1.807, 2.05) is 13.8 Å². The van der Waals surface area contributed by atoms with Crippen molar-refractivity contribution in [1.29, 1.82) is 0 Å². The zero-order chi connectivity index (χ0) is 14.4. The number of halogens is 2. The van der Waals surface area contributed by atoms with E-state index >= 15 is 0 Å². The molecule has 1 aromatic carbocycles. The number of carbonyl (C=O) groups excluding carboxylic acids is 1. The Morgan fingerprint density at radius 1 is 1.26 bits per heavy atom. The number of nitrogens with one attached hydrogen (secondary N) is 1. The van der Waals surface area contributed by atoms with E-state index in [0.29, 0.717) is 17.9 Å². The van der Waals surface area contributed by atoms with Gasteiger partial charge in [0.05, 0.1) is 11.4 Å². The van der Waals surface area contributed by atoms with Gasteiger partial charge in [-0.2, -0.15) is 0 Å². The van der Waals surface area contributed by atoms with Crippen LogP contribution in [0.2, 0.25) is 0 Å². The molecular formula is C14H18F2N2O. The van der Waals surface area contributed by atoms with E-state index in [1.165, 1.54) is 4.90 Å². The molecule has 0 aromatic heterocycles. The molecule has 0 unspecified atom stereocenters. The largest absolute Gasteiger partial charge is 0.370 e. The van der Waals surface area contributed by atoms with Gasteiger partial charge < -0.3 is 10.2 Å². The standard InChI is InChI=1S/C14H18F2N2O/c1-8(2)7-18-12-6-10(16)9(15)5-11(12)17-14(3,4)13(18)19/h5-6,8,17H,7H2,1-4H3. The molecule has 0 fully saturated rings. The number of anilines is 2. The van der Waals surface area contributed by atoms with E-state index in [4.69, 9.17) is 0 Å². The third-order valence-corrected chi connectivity index (χ3v) is 3.10. The number of carbonyl (C=O) groups is 1. The molecule has 3 nitrogen and oxygen atoms in total. The molecular weight excluding hydrogens is 250 g/mol. The van der Waals surface area contributed by atoms with Gasteiger partial charge >= 0.3 is 0 Å². The van der Waals surface area contributed by atoms with Gasteiger partial charge in [-0.1, -0.05) is 13.8 Å². The number of nitrogens with zero attached hydrogens (tertiary/aromatic N) is 1. The Morgan fingerprint density at radius 2 is 1.84 bits per heavy atom. The van der Waals surface area contributed by atoms with Gasteiger partial charge in [-0.3, -0.25) is 4.79 Å². The average molecular weight is 268 g/mol. The molecule has 2 rings (SSSR count). The highest BCUT2D eigenvalue weighted by molar-refractivity contribution is 6.07. The second kappa shape index (κ2) is 4.47. The number of hydrogen-bond donors (Lipinski definition) is 1. The maximum Gasteiger partial charge on any atom is 0.252 e. The van der Waals surface area contributed by atoms with Gasteiger partial charge in [-0.15, -0.1) is 0 Å². The van der Waals surface area contributed by atoms with Crippen LogP contribution in [0.3, 0.4) is 0 Å². The van der Waals surface area contributed by atoms with E-state index in [9.17, 15) is 13.6 Å². The summed E-state index contributed by atoms with van der Waals surface area (Å²) in [5, 5.41) is 2.96. The zero-order valence-corrected chi connectivity index (χ0v) is 11.6. The molecule has 0 saturated heterocycles. The molecule has 0 radical (unpaired) electrons. The lowest BCUT2D eigenvalue weighted by Gasteiger charge is -2.40. The Labute approximate surface area is 111 Å². The molecule has 0 aliphatic carbocycles. The number of benzene rings is 1. The first-order valence-corrected chi connectivity index (χ1v) is 6.31. The van der Waals surface area contributed by atoms with Crippen molar-refractivity contribution in [1.82, 2.24) is 0 Å². The molecule has 5 heteroatoms. The normalized spacial score (nSPS) is 17.4. The average Bonchev–Trinajstić information content (AvgIpc) is 2.27. The lowest BCUT2D eigenvalue weighted by atomic mass is 9.97. The number of rotatable bonds is 2. The fourth-order valence-corrected chi connectivity index (χ4v) is 2.24. The predicted octanol–water partition coefficient (Wildman–Crippen LogP) is 3.16. The molecule has 0 bridgehead atoms. The highest BCUT2D eigenvalue weighted by atomic mass is 19.2. The third kappa shape index (κ3) is 2.41. The van der Waals surface area contributed by atoms with E-state index in [2.05, 4.69) is 5.32 Å². The molecule has 1 heterocycles. The van der Waals surface area contributed by atoms with Crippen molar-refractivity contribution in [2.75, 3.05) is 16.8 Å². The molecule has 1 aliphatic rings. The molecule has 0 saturated carbocycles. The fourth-order valence-electron chi connectivity index (χ4n) is 2.24. The summed E-state index contributed by atoms with van der Waals surface area (Å²) >= 11 is 0.